The van der Waals surface area contributed by atoms with Crippen LogP contribution < -0.4 is 10.2 Å². The van der Waals surface area contributed by atoms with E-state index >= 15 is 0 Å². The van der Waals surface area contributed by atoms with Crippen LogP contribution in [0.4, 0.5) is 22.7 Å². The number of nitrogens with zero attached hydrogens (tertiary/aromatic N) is 2. The van der Waals surface area contributed by atoms with Crippen molar-refractivity contribution in [1.29, 1.82) is 0 Å². The highest BCUT2D eigenvalue weighted by molar-refractivity contribution is 6.37. The predicted molar refractivity (Wildman–Crippen MR) is 132 cm³/mol. The third-order valence-corrected chi connectivity index (χ3v) is 6.28. The summed E-state index contributed by atoms with van der Waals surface area (Å²) < 4.78 is 0. The van der Waals surface area contributed by atoms with Crippen LogP contribution in [0, 0.1) is 10.1 Å². The first-order valence-corrected chi connectivity index (χ1v) is 11.0. The molecule has 1 N–H and O–H groups in total. The van der Waals surface area contributed by atoms with Gasteiger partial charge in [-0.3, -0.25) is 19.7 Å². The van der Waals surface area contributed by atoms with Crippen LogP contribution in [0.2, 0.25) is 5.02 Å². The topological polar surface area (TPSA) is 92.6 Å². The summed E-state index contributed by atoms with van der Waals surface area (Å²) in [4.78, 5) is 39.8. The number of hydrogen-bond donors (Lipinski definition) is 1. The van der Waals surface area contributed by atoms with E-state index in [0.717, 1.165) is 10.5 Å². The smallest absolute Gasteiger partial charge is 0.294 e. The second kappa shape index (κ2) is 8.28. The van der Waals surface area contributed by atoms with E-state index < -0.39 is 16.7 Å². The number of carbonyl (C=O) groups is 2. The zero-order valence-electron chi connectivity index (χ0n) is 18.0. The van der Waals surface area contributed by atoms with Crippen LogP contribution in [0.3, 0.4) is 0 Å². The largest absolute Gasteiger partial charge is 0.348 e. The van der Waals surface area contributed by atoms with Gasteiger partial charge in [-0.25, -0.2) is 4.90 Å². The molecule has 7 nitrogen and oxygen atoms in total. The number of aryl methyl sites for hydroxylation is 1. The minimum absolute atomic E-state index is 0.104. The van der Waals surface area contributed by atoms with Crippen molar-refractivity contribution in [2.45, 2.75) is 13.3 Å². The van der Waals surface area contributed by atoms with E-state index in [4.69, 9.17) is 11.6 Å². The van der Waals surface area contributed by atoms with Crippen LogP contribution in [-0.4, -0.2) is 16.7 Å². The maximum atomic E-state index is 13.6. The number of benzene rings is 4. The molecular formula is C26H18ClN3O4. The fourth-order valence-electron chi connectivity index (χ4n) is 4.37. The first-order chi connectivity index (χ1) is 16.4. The molecule has 4 aromatic carbocycles. The van der Waals surface area contributed by atoms with Gasteiger partial charge in [0.2, 0.25) is 0 Å². The lowest BCUT2D eigenvalue weighted by atomic mass is 9.91. The van der Waals surface area contributed by atoms with Crippen molar-refractivity contribution in [1.82, 2.24) is 0 Å². The molecule has 0 saturated heterocycles. The van der Waals surface area contributed by atoms with Crippen molar-refractivity contribution in [2.75, 3.05) is 10.2 Å². The van der Waals surface area contributed by atoms with Crippen molar-refractivity contribution >= 4 is 56.9 Å². The standard InChI is InChI=1S/C26H18ClN3O4/c1-2-15-8-3-6-13-21(15)29-25(31)17-10-7-9-16-23(17)18(26(29)32)14-22(30(33)34)24(16)28-20-12-5-4-11-19(20)27/h3-14,28H,2H2,1H3. The maximum Gasteiger partial charge on any atom is 0.294 e. The SMILES string of the molecule is CCc1ccccc1N1C(=O)c2cccc3c(Nc4ccccc4Cl)c([N+](=O)[O-])cc(c23)C1=O. The van der Waals surface area contributed by atoms with E-state index in [-0.39, 0.29) is 16.9 Å². The third-order valence-electron chi connectivity index (χ3n) is 5.95. The Morgan fingerprint density at radius 3 is 2.38 bits per heavy atom. The molecule has 2 amide bonds. The summed E-state index contributed by atoms with van der Waals surface area (Å²) in [5, 5.41) is 16.3. The number of nitro groups is 1. The third kappa shape index (κ3) is 3.29. The molecule has 168 valence electrons. The molecule has 1 aliphatic rings. The lowest BCUT2D eigenvalue weighted by Gasteiger charge is -2.29. The number of rotatable bonds is 5. The van der Waals surface area contributed by atoms with E-state index in [0.29, 0.717) is 39.2 Å². The molecule has 0 spiro atoms. The summed E-state index contributed by atoms with van der Waals surface area (Å²) >= 11 is 6.27. The number of halogens is 1. The summed E-state index contributed by atoms with van der Waals surface area (Å²) in [6.45, 7) is 1.93. The van der Waals surface area contributed by atoms with Crippen LogP contribution in [0.15, 0.2) is 72.8 Å². The van der Waals surface area contributed by atoms with E-state index in [1.807, 2.05) is 19.1 Å². The summed E-state index contributed by atoms with van der Waals surface area (Å²) in [5.74, 6) is -1.07. The van der Waals surface area contributed by atoms with Crippen LogP contribution in [0.5, 0.6) is 0 Å². The molecular weight excluding hydrogens is 454 g/mol. The molecule has 1 heterocycles. The van der Waals surface area contributed by atoms with Crippen LogP contribution in [-0.2, 0) is 6.42 Å². The Morgan fingerprint density at radius 1 is 0.941 bits per heavy atom. The Bertz CT molecular complexity index is 1520. The van der Waals surface area contributed by atoms with Gasteiger partial charge < -0.3 is 5.32 Å². The Labute approximate surface area is 199 Å². The van der Waals surface area contributed by atoms with Gasteiger partial charge in [0.15, 0.2) is 0 Å². The molecule has 0 atom stereocenters. The number of hydrogen-bond acceptors (Lipinski definition) is 5. The maximum absolute atomic E-state index is 13.6. The predicted octanol–water partition coefficient (Wildman–Crippen LogP) is 6.51. The number of para-hydroxylation sites is 2. The molecule has 0 bridgehead atoms. The molecule has 1 aliphatic heterocycles. The second-order valence-electron chi connectivity index (χ2n) is 7.84. The highest BCUT2D eigenvalue weighted by Gasteiger charge is 2.37. The molecule has 0 fully saturated rings. The number of nitro benzene ring substituents is 1. The summed E-state index contributed by atoms with van der Waals surface area (Å²) in [7, 11) is 0. The number of nitrogens with one attached hydrogen (secondary N) is 1. The molecule has 4 aromatic rings. The fourth-order valence-corrected chi connectivity index (χ4v) is 4.55. The minimum atomic E-state index is -0.595. The van der Waals surface area contributed by atoms with Gasteiger partial charge in [-0.05, 0) is 36.2 Å². The Hall–Kier alpha value is -4.23. The Kier molecular flexibility index (Phi) is 5.26. The molecule has 8 heteroatoms. The monoisotopic (exact) mass is 471 g/mol. The minimum Gasteiger partial charge on any atom is -0.348 e. The second-order valence-corrected chi connectivity index (χ2v) is 8.24. The molecule has 0 saturated carbocycles. The number of carbonyl (C=O) groups excluding carboxylic acids is 2. The first-order valence-electron chi connectivity index (χ1n) is 10.6. The van der Waals surface area contributed by atoms with Gasteiger partial charge >= 0.3 is 0 Å². The Morgan fingerprint density at radius 2 is 1.65 bits per heavy atom. The zero-order valence-corrected chi connectivity index (χ0v) is 18.8. The first kappa shape index (κ1) is 21.6. The van der Waals surface area contributed by atoms with Gasteiger partial charge in [-0.1, -0.05) is 61.0 Å². The molecule has 0 aliphatic carbocycles. The van der Waals surface area contributed by atoms with Crippen LogP contribution in [0.1, 0.15) is 33.2 Å². The normalized spacial score (nSPS) is 12.8. The van der Waals surface area contributed by atoms with Crippen molar-refractivity contribution in [3.8, 4) is 0 Å². The van der Waals surface area contributed by atoms with E-state index in [9.17, 15) is 19.7 Å². The van der Waals surface area contributed by atoms with Gasteiger partial charge in [0.1, 0.15) is 5.69 Å². The lowest BCUT2D eigenvalue weighted by Crippen LogP contribution is -2.41. The molecule has 0 unspecified atom stereocenters. The van der Waals surface area contributed by atoms with Gasteiger partial charge in [0, 0.05) is 22.4 Å². The van der Waals surface area contributed by atoms with Crippen molar-refractivity contribution in [3.63, 3.8) is 0 Å². The van der Waals surface area contributed by atoms with E-state index in [2.05, 4.69) is 5.32 Å². The van der Waals surface area contributed by atoms with Crippen molar-refractivity contribution < 1.29 is 14.5 Å². The van der Waals surface area contributed by atoms with E-state index in [1.165, 1.54) is 6.07 Å². The van der Waals surface area contributed by atoms with Crippen molar-refractivity contribution in [3.05, 3.63) is 105 Å². The van der Waals surface area contributed by atoms with E-state index in [1.54, 1.807) is 54.6 Å². The number of amides is 2. The molecule has 0 radical (unpaired) electrons. The number of imide groups is 1. The lowest BCUT2D eigenvalue weighted by molar-refractivity contribution is -0.383. The molecule has 0 aromatic heterocycles. The van der Waals surface area contributed by atoms with Gasteiger partial charge in [-0.15, -0.1) is 0 Å². The quantitative estimate of drug-likeness (QED) is 0.203. The zero-order chi connectivity index (χ0) is 24.0. The van der Waals surface area contributed by atoms with Gasteiger partial charge in [0.05, 0.1) is 26.9 Å². The highest BCUT2D eigenvalue weighted by atomic mass is 35.5. The Balaban J connectivity index is 1.77. The average molecular weight is 472 g/mol. The van der Waals surface area contributed by atoms with Gasteiger partial charge in [-0.2, -0.15) is 0 Å². The molecule has 5 rings (SSSR count). The van der Waals surface area contributed by atoms with Crippen LogP contribution >= 0.6 is 11.6 Å². The summed E-state index contributed by atoms with van der Waals surface area (Å²) in [5.41, 5.74) is 2.06. The molecule has 34 heavy (non-hydrogen) atoms. The fraction of sp³-hybridized carbons (Fsp3) is 0.0769. The highest BCUT2D eigenvalue weighted by Crippen LogP contribution is 2.43. The summed E-state index contributed by atoms with van der Waals surface area (Å²) in [6.07, 6.45) is 0.616. The number of anilines is 3. The van der Waals surface area contributed by atoms with Crippen molar-refractivity contribution in [2.24, 2.45) is 0 Å². The summed E-state index contributed by atoms with van der Waals surface area (Å²) in [6, 6.07) is 20.2. The van der Waals surface area contributed by atoms with Gasteiger partial charge in [0.25, 0.3) is 17.5 Å². The van der Waals surface area contributed by atoms with Crippen LogP contribution in [0.25, 0.3) is 10.8 Å². The average Bonchev–Trinajstić information content (AvgIpc) is 2.84.